The van der Waals surface area contributed by atoms with Gasteiger partial charge in [-0.25, -0.2) is 11.4 Å². The molecule has 0 aromatic heterocycles. The Labute approximate surface area is 146 Å². The molecule has 3 rings (SSSR count). The maximum absolute atomic E-state index is 12.0. The summed E-state index contributed by atoms with van der Waals surface area (Å²) in [4.78, 5) is 22.0. The molecule has 0 saturated carbocycles. The fourth-order valence-corrected chi connectivity index (χ4v) is 3.30. The largest absolute Gasteiger partial charge is 0.444 e. The number of azide groups is 1. The monoisotopic (exact) mass is 340 g/mol. The Morgan fingerprint density at radius 1 is 1.24 bits per heavy atom. The molecule has 2 saturated heterocycles. The summed E-state index contributed by atoms with van der Waals surface area (Å²) >= 11 is 0. The highest BCUT2D eigenvalue weighted by atomic mass is 16.6. The zero-order valence-electron chi connectivity index (χ0n) is 13.9. The molecule has 1 aromatic rings. The predicted molar refractivity (Wildman–Crippen MR) is 94.5 cm³/mol. The lowest BCUT2D eigenvalue weighted by atomic mass is 9.96. The molecule has 2 aliphatic heterocycles. The van der Waals surface area contributed by atoms with Gasteiger partial charge in [0.05, 0.1) is 13.1 Å². The average molecular weight is 340 g/mol. The van der Waals surface area contributed by atoms with Crippen molar-refractivity contribution in [2.45, 2.75) is 18.9 Å². The van der Waals surface area contributed by atoms with Crippen molar-refractivity contribution in [2.75, 3.05) is 42.5 Å². The van der Waals surface area contributed by atoms with Gasteiger partial charge in [-0.1, -0.05) is 5.11 Å². The van der Waals surface area contributed by atoms with Crippen molar-refractivity contribution in [1.82, 2.24) is 0 Å². The van der Waals surface area contributed by atoms with Crippen molar-refractivity contribution in [3.05, 3.63) is 46.1 Å². The number of hydrogen-bond donors (Lipinski definition) is 0. The van der Waals surface area contributed by atoms with Crippen LogP contribution in [0.5, 0.6) is 0 Å². The fourth-order valence-electron chi connectivity index (χ4n) is 3.30. The minimum atomic E-state index is -0.411. The SMILES string of the molecule is [C-]#[N+]CC1CCN(c2ccc(N3C[C@H](CN=[N+]=[N-])OC3=O)cc2)CC1. The van der Waals surface area contributed by atoms with Gasteiger partial charge < -0.3 is 14.5 Å². The van der Waals surface area contributed by atoms with Gasteiger partial charge in [-0.05, 0) is 42.6 Å². The number of ether oxygens (including phenoxy) is 1. The average Bonchev–Trinajstić information content (AvgIpc) is 3.02. The highest BCUT2D eigenvalue weighted by molar-refractivity contribution is 5.90. The van der Waals surface area contributed by atoms with Gasteiger partial charge in [0, 0.05) is 35.3 Å². The molecule has 0 unspecified atom stereocenters. The van der Waals surface area contributed by atoms with Crippen molar-refractivity contribution < 1.29 is 9.53 Å². The number of nitrogens with zero attached hydrogens (tertiary/aromatic N) is 6. The Kier molecular flexibility index (Phi) is 5.26. The van der Waals surface area contributed by atoms with Crippen LogP contribution in [0.2, 0.25) is 0 Å². The number of benzene rings is 1. The summed E-state index contributed by atoms with van der Waals surface area (Å²) in [5.41, 5.74) is 10.3. The first-order valence-electron chi connectivity index (χ1n) is 8.38. The second-order valence-electron chi connectivity index (χ2n) is 6.32. The zero-order valence-corrected chi connectivity index (χ0v) is 13.9. The molecule has 8 nitrogen and oxygen atoms in total. The van der Waals surface area contributed by atoms with E-state index in [4.69, 9.17) is 16.8 Å². The smallest absolute Gasteiger partial charge is 0.414 e. The van der Waals surface area contributed by atoms with Gasteiger partial charge in [-0.15, -0.1) is 0 Å². The van der Waals surface area contributed by atoms with Crippen LogP contribution in [0.1, 0.15) is 12.8 Å². The first kappa shape index (κ1) is 16.9. The third-order valence-electron chi connectivity index (χ3n) is 4.71. The summed E-state index contributed by atoms with van der Waals surface area (Å²) in [5, 5.41) is 3.46. The summed E-state index contributed by atoms with van der Waals surface area (Å²) in [6.07, 6.45) is 1.28. The summed E-state index contributed by atoms with van der Waals surface area (Å²) in [6.45, 7) is 10.1. The molecule has 1 amide bonds. The first-order valence-corrected chi connectivity index (χ1v) is 8.38. The van der Waals surface area contributed by atoms with Crippen LogP contribution in [0.15, 0.2) is 29.4 Å². The lowest BCUT2D eigenvalue weighted by Crippen LogP contribution is -2.34. The van der Waals surface area contributed by atoms with Crippen molar-refractivity contribution in [2.24, 2.45) is 11.0 Å². The van der Waals surface area contributed by atoms with E-state index in [0.29, 0.717) is 19.0 Å². The Hall–Kier alpha value is -2.91. The third kappa shape index (κ3) is 3.95. The van der Waals surface area contributed by atoms with Gasteiger partial charge in [0.1, 0.15) is 6.10 Å². The molecule has 0 spiro atoms. The number of carbonyl (C=O) groups excluding carboxylic acids is 1. The molecule has 1 aromatic carbocycles. The van der Waals surface area contributed by atoms with E-state index in [0.717, 1.165) is 37.3 Å². The summed E-state index contributed by atoms with van der Waals surface area (Å²) in [6, 6.07) is 7.85. The van der Waals surface area contributed by atoms with Crippen molar-refractivity contribution in [3.8, 4) is 0 Å². The highest BCUT2D eigenvalue weighted by Crippen LogP contribution is 2.27. The highest BCUT2D eigenvalue weighted by Gasteiger charge is 2.32. The van der Waals surface area contributed by atoms with E-state index >= 15 is 0 Å². The molecule has 0 radical (unpaired) electrons. The number of hydrogen-bond acceptors (Lipinski definition) is 4. The minimum Gasteiger partial charge on any atom is -0.444 e. The topological polar surface area (TPSA) is 85.9 Å². The summed E-state index contributed by atoms with van der Waals surface area (Å²) in [5.74, 6) is 0.514. The normalized spacial score (nSPS) is 20.8. The number of carbonyl (C=O) groups is 1. The van der Waals surface area contributed by atoms with Crippen LogP contribution in [-0.4, -0.2) is 44.9 Å². The number of amides is 1. The second-order valence-corrected chi connectivity index (χ2v) is 6.32. The van der Waals surface area contributed by atoms with Crippen molar-refractivity contribution >= 4 is 17.5 Å². The van der Waals surface area contributed by atoms with Crippen LogP contribution in [0, 0.1) is 12.5 Å². The van der Waals surface area contributed by atoms with Gasteiger partial charge in [0.15, 0.2) is 0 Å². The summed E-state index contributed by atoms with van der Waals surface area (Å²) < 4.78 is 5.20. The Morgan fingerprint density at radius 2 is 1.92 bits per heavy atom. The summed E-state index contributed by atoms with van der Waals surface area (Å²) in [7, 11) is 0. The quantitative estimate of drug-likeness (QED) is 0.356. The van der Waals surface area contributed by atoms with E-state index in [1.165, 1.54) is 0 Å². The molecule has 2 aliphatic rings. The van der Waals surface area contributed by atoms with Crippen LogP contribution in [0.4, 0.5) is 16.2 Å². The van der Waals surface area contributed by atoms with Crippen LogP contribution in [0.3, 0.4) is 0 Å². The molecule has 2 fully saturated rings. The van der Waals surface area contributed by atoms with Gasteiger partial charge in [0.2, 0.25) is 6.54 Å². The molecule has 8 heteroatoms. The van der Waals surface area contributed by atoms with Crippen LogP contribution >= 0.6 is 0 Å². The fraction of sp³-hybridized carbons (Fsp3) is 0.529. The third-order valence-corrected chi connectivity index (χ3v) is 4.71. The molecule has 0 aliphatic carbocycles. The number of rotatable bonds is 5. The maximum Gasteiger partial charge on any atom is 0.414 e. The van der Waals surface area contributed by atoms with Crippen LogP contribution < -0.4 is 9.80 Å². The van der Waals surface area contributed by atoms with E-state index in [2.05, 4.69) is 19.8 Å². The molecular weight excluding hydrogens is 320 g/mol. The number of anilines is 2. The Balaban J connectivity index is 1.60. The molecule has 1 atom stereocenters. The van der Waals surface area contributed by atoms with E-state index in [9.17, 15) is 4.79 Å². The predicted octanol–water partition coefficient (Wildman–Crippen LogP) is 3.46. The molecule has 130 valence electrons. The van der Waals surface area contributed by atoms with E-state index in [1.54, 1.807) is 4.90 Å². The Bertz CT molecular complexity index is 699. The van der Waals surface area contributed by atoms with Crippen LogP contribution in [-0.2, 0) is 4.74 Å². The zero-order chi connectivity index (χ0) is 17.6. The number of cyclic esters (lactones) is 1. The molecular formula is C17H20N6O2. The Morgan fingerprint density at radius 3 is 2.56 bits per heavy atom. The van der Waals surface area contributed by atoms with Gasteiger partial charge in [0.25, 0.3) is 0 Å². The van der Waals surface area contributed by atoms with Gasteiger partial charge in [-0.3, -0.25) is 4.90 Å². The van der Waals surface area contributed by atoms with Crippen molar-refractivity contribution in [3.63, 3.8) is 0 Å². The lowest BCUT2D eigenvalue weighted by Gasteiger charge is -2.32. The second kappa shape index (κ2) is 7.77. The molecule has 2 heterocycles. The van der Waals surface area contributed by atoms with Gasteiger partial charge >= 0.3 is 6.09 Å². The van der Waals surface area contributed by atoms with Gasteiger partial charge in [-0.2, -0.15) is 0 Å². The molecule has 25 heavy (non-hydrogen) atoms. The first-order chi connectivity index (χ1) is 12.2. The van der Waals surface area contributed by atoms with Crippen LogP contribution in [0.25, 0.3) is 15.3 Å². The van der Waals surface area contributed by atoms with Crippen molar-refractivity contribution in [1.29, 1.82) is 0 Å². The van der Waals surface area contributed by atoms with E-state index in [-0.39, 0.29) is 6.54 Å². The molecule has 0 bridgehead atoms. The maximum atomic E-state index is 12.0. The number of piperidine rings is 1. The lowest BCUT2D eigenvalue weighted by molar-refractivity contribution is 0.145. The van der Waals surface area contributed by atoms with E-state index < -0.39 is 12.2 Å². The van der Waals surface area contributed by atoms with E-state index in [1.807, 2.05) is 24.3 Å². The molecule has 0 N–H and O–H groups in total. The minimum absolute atomic E-state index is 0.149. The standard InChI is InChI=1S/C17H20N6O2/c1-19-10-13-6-8-22(9-7-13)14-2-4-15(5-3-14)23-12-16(11-20-21-18)25-17(23)24/h2-5,13,16H,6-12H2/t16-/m0/s1.